The standard InChI is InChI=1S/C12H17NS/c1-8-10-9(6-7-14-10)11(13(8)5)12(2,3)4/h6-7H,1-5H3. The van der Waals surface area contributed by atoms with Gasteiger partial charge >= 0.3 is 0 Å². The zero-order valence-electron chi connectivity index (χ0n) is 9.51. The lowest BCUT2D eigenvalue weighted by atomic mass is 9.90. The molecular formula is C12H17NS. The average molecular weight is 207 g/mol. The van der Waals surface area contributed by atoms with E-state index < -0.39 is 0 Å². The van der Waals surface area contributed by atoms with Crippen LogP contribution in [-0.4, -0.2) is 4.57 Å². The number of aromatic nitrogens is 1. The van der Waals surface area contributed by atoms with E-state index in [1.54, 1.807) is 0 Å². The van der Waals surface area contributed by atoms with Gasteiger partial charge in [-0.2, -0.15) is 0 Å². The summed E-state index contributed by atoms with van der Waals surface area (Å²) in [7, 11) is 2.17. The summed E-state index contributed by atoms with van der Waals surface area (Å²) >= 11 is 1.84. The van der Waals surface area contributed by atoms with Crippen LogP contribution in [0.2, 0.25) is 0 Å². The molecule has 0 aromatic carbocycles. The molecule has 0 aliphatic rings. The van der Waals surface area contributed by atoms with Crippen LogP contribution in [0.25, 0.3) is 10.1 Å². The molecule has 0 spiro atoms. The van der Waals surface area contributed by atoms with Crippen molar-refractivity contribution in [2.24, 2.45) is 7.05 Å². The Bertz CT molecular complexity index is 468. The lowest BCUT2D eigenvalue weighted by Crippen LogP contribution is -2.16. The van der Waals surface area contributed by atoms with Crippen LogP contribution in [0.5, 0.6) is 0 Å². The van der Waals surface area contributed by atoms with E-state index in [1.165, 1.54) is 21.5 Å². The van der Waals surface area contributed by atoms with Gasteiger partial charge in [0.2, 0.25) is 0 Å². The smallest absolute Gasteiger partial charge is 0.0552 e. The highest BCUT2D eigenvalue weighted by atomic mass is 32.1. The van der Waals surface area contributed by atoms with Crippen molar-refractivity contribution in [3.8, 4) is 0 Å². The van der Waals surface area contributed by atoms with E-state index in [0.717, 1.165) is 0 Å². The molecule has 0 aliphatic carbocycles. The van der Waals surface area contributed by atoms with Crippen molar-refractivity contribution in [3.63, 3.8) is 0 Å². The van der Waals surface area contributed by atoms with E-state index in [9.17, 15) is 0 Å². The van der Waals surface area contributed by atoms with Gasteiger partial charge in [0.1, 0.15) is 0 Å². The molecule has 0 amide bonds. The molecule has 1 nitrogen and oxygen atoms in total. The van der Waals surface area contributed by atoms with Gasteiger partial charge in [-0.05, 0) is 18.4 Å². The number of hydrogen-bond donors (Lipinski definition) is 0. The summed E-state index contributed by atoms with van der Waals surface area (Å²) < 4.78 is 3.78. The molecule has 14 heavy (non-hydrogen) atoms. The topological polar surface area (TPSA) is 4.93 Å². The number of hydrogen-bond acceptors (Lipinski definition) is 1. The van der Waals surface area contributed by atoms with Crippen LogP contribution >= 0.6 is 11.3 Å². The molecule has 0 radical (unpaired) electrons. The number of thiophene rings is 1. The van der Waals surface area contributed by atoms with Gasteiger partial charge in [0, 0.05) is 29.2 Å². The third kappa shape index (κ3) is 1.21. The third-order valence-corrected chi connectivity index (χ3v) is 3.82. The molecular weight excluding hydrogens is 190 g/mol. The molecule has 2 aromatic rings. The van der Waals surface area contributed by atoms with Crippen LogP contribution in [0.3, 0.4) is 0 Å². The van der Waals surface area contributed by atoms with Crippen molar-refractivity contribution < 1.29 is 0 Å². The monoisotopic (exact) mass is 207 g/mol. The lowest BCUT2D eigenvalue weighted by molar-refractivity contribution is 0.545. The molecule has 0 fully saturated rings. The second kappa shape index (κ2) is 2.86. The fraction of sp³-hybridized carbons (Fsp3) is 0.500. The molecule has 0 saturated carbocycles. The van der Waals surface area contributed by atoms with Crippen molar-refractivity contribution in [2.75, 3.05) is 0 Å². The maximum Gasteiger partial charge on any atom is 0.0552 e. The van der Waals surface area contributed by atoms with Gasteiger partial charge in [0.25, 0.3) is 0 Å². The number of fused-ring (bicyclic) bond motifs is 1. The summed E-state index contributed by atoms with van der Waals surface area (Å²) in [6, 6.07) is 2.24. The SMILES string of the molecule is Cc1c2sccc2c(C(C)(C)C)n1C. The Morgan fingerprint density at radius 2 is 1.93 bits per heavy atom. The molecule has 0 unspecified atom stereocenters. The quantitative estimate of drug-likeness (QED) is 0.618. The fourth-order valence-electron chi connectivity index (χ4n) is 2.18. The summed E-state index contributed by atoms with van der Waals surface area (Å²) in [6.45, 7) is 9.03. The third-order valence-electron chi connectivity index (χ3n) is 2.80. The molecule has 76 valence electrons. The van der Waals surface area contributed by atoms with Crippen molar-refractivity contribution >= 4 is 21.4 Å². The summed E-state index contributed by atoms with van der Waals surface area (Å²) in [4.78, 5) is 0. The Morgan fingerprint density at radius 1 is 1.29 bits per heavy atom. The predicted octanol–water partition coefficient (Wildman–Crippen LogP) is 3.85. The highest BCUT2D eigenvalue weighted by molar-refractivity contribution is 7.17. The molecule has 0 aliphatic heterocycles. The predicted molar refractivity (Wildman–Crippen MR) is 64.2 cm³/mol. The molecule has 0 atom stereocenters. The van der Waals surface area contributed by atoms with E-state index in [1.807, 2.05) is 11.3 Å². The van der Waals surface area contributed by atoms with E-state index in [2.05, 4.69) is 50.8 Å². The first-order chi connectivity index (χ1) is 6.43. The highest BCUT2D eigenvalue weighted by Gasteiger charge is 2.23. The summed E-state index contributed by atoms with van der Waals surface area (Å²) in [6.07, 6.45) is 0. The molecule has 0 N–H and O–H groups in total. The van der Waals surface area contributed by atoms with Crippen LogP contribution < -0.4 is 0 Å². The summed E-state index contributed by atoms with van der Waals surface area (Å²) in [5.74, 6) is 0. The zero-order chi connectivity index (χ0) is 10.5. The minimum absolute atomic E-state index is 0.225. The fourth-order valence-corrected chi connectivity index (χ4v) is 3.12. The molecule has 0 bridgehead atoms. The zero-order valence-corrected chi connectivity index (χ0v) is 10.3. The maximum atomic E-state index is 2.33. The minimum Gasteiger partial charge on any atom is -0.349 e. The van der Waals surface area contributed by atoms with E-state index in [4.69, 9.17) is 0 Å². The Morgan fingerprint density at radius 3 is 2.50 bits per heavy atom. The highest BCUT2D eigenvalue weighted by Crippen LogP contribution is 2.36. The summed E-state index contributed by atoms with van der Waals surface area (Å²) in [5.41, 5.74) is 3.06. The van der Waals surface area contributed by atoms with E-state index in [-0.39, 0.29) is 5.41 Å². The Kier molecular flexibility index (Phi) is 2.00. The van der Waals surface area contributed by atoms with Gasteiger partial charge in [-0.3, -0.25) is 0 Å². The van der Waals surface area contributed by atoms with Gasteiger partial charge in [0.05, 0.1) is 4.70 Å². The molecule has 2 heteroatoms. The van der Waals surface area contributed by atoms with Crippen molar-refractivity contribution in [1.82, 2.24) is 4.57 Å². The normalized spacial score (nSPS) is 12.6. The van der Waals surface area contributed by atoms with E-state index >= 15 is 0 Å². The first kappa shape index (κ1) is 9.78. The second-order valence-corrected chi connectivity index (χ2v) is 5.82. The van der Waals surface area contributed by atoms with Gasteiger partial charge < -0.3 is 4.57 Å². The van der Waals surface area contributed by atoms with Gasteiger partial charge in [-0.1, -0.05) is 20.8 Å². The van der Waals surface area contributed by atoms with Crippen LogP contribution in [0.4, 0.5) is 0 Å². The van der Waals surface area contributed by atoms with Crippen LogP contribution in [-0.2, 0) is 12.5 Å². The van der Waals surface area contributed by atoms with Crippen molar-refractivity contribution in [1.29, 1.82) is 0 Å². The number of rotatable bonds is 0. The van der Waals surface area contributed by atoms with Crippen molar-refractivity contribution in [2.45, 2.75) is 33.1 Å². The average Bonchev–Trinajstić information content (AvgIpc) is 2.55. The molecule has 2 heterocycles. The number of aryl methyl sites for hydroxylation is 1. The molecule has 2 aromatic heterocycles. The Labute approximate surface area is 89.4 Å². The van der Waals surface area contributed by atoms with Crippen LogP contribution in [0.15, 0.2) is 11.4 Å². The van der Waals surface area contributed by atoms with Gasteiger partial charge in [0.15, 0.2) is 0 Å². The van der Waals surface area contributed by atoms with Gasteiger partial charge in [-0.25, -0.2) is 0 Å². The Balaban J connectivity index is 2.86. The van der Waals surface area contributed by atoms with Crippen LogP contribution in [0, 0.1) is 6.92 Å². The Hall–Kier alpha value is -0.760. The summed E-state index contributed by atoms with van der Waals surface area (Å²) in [5, 5.41) is 3.62. The minimum atomic E-state index is 0.225. The van der Waals surface area contributed by atoms with Crippen LogP contribution in [0.1, 0.15) is 32.2 Å². The van der Waals surface area contributed by atoms with Crippen molar-refractivity contribution in [3.05, 3.63) is 22.8 Å². The maximum absolute atomic E-state index is 2.33. The molecule has 2 rings (SSSR count). The largest absolute Gasteiger partial charge is 0.349 e. The first-order valence-electron chi connectivity index (χ1n) is 4.96. The van der Waals surface area contributed by atoms with Gasteiger partial charge in [-0.15, -0.1) is 11.3 Å². The van der Waals surface area contributed by atoms with E-state index in [0.29, 0.717) is 0 Å². The second-order valence-electron chi connectivity index (χ2n) is 4.91. The first-order valence-corrected chi connectivity index (χ1v) is 5.84. The number of nitrogens with zero attached hydrogens (tertiary/aromatic N) is 1. The molecule has 0 saturated heterocycles. The lowest BCUT2D eigenvalue weighted by Gasteiger charge is -2.20.